The Hall–Kier alpha value is -1.36. The predicted molar refractivity (Wildman–Crippen MR) is 79.7 cm³/mol. The molecule has 3 atom stereocenters. The quantitative estimate of drug-likeness (QED) is 0.927. The topological polar surface area (TPSA) is 58.4 Å². The molecule has 0 spiro atoms. The molecular weight excluding hydrogens is 266 g/mol. The van der Waals surface area contributed by atoms with Crippen molar-refractivity contribution in [3.63, 3.8) is 0 Å². The fourth-order valence-electron chi connectivity index (χ4n) is 3.82. The summed E-state index contributed by atoms with van der Waals surface area (Å²) < 4.78 is 5.17. The molecule has 2 fully saturated rings. The van der Waals surface area contributed by atoms with Crippen LogP contribution in [-0.4, -0.2) is 35.1 Å². The summed E-state index contributed by atoms with van der Waals surface area (Å²) in [5.41, 5.74) is 1.90. The molecular formula is C16H25N3O2. The van der Waals surface area contributed by atoms with Crippen LogP contribution in [0.3, 0.4) is 0 Å². The molecule has 116 valence electrons. The van der Waals surface area contributed by atoms with Gasteiger partial charge >= 0.3 is 0 Å². The van der Waals surface area contributed by atoms with Gasteiger partial charge in [0.15, 0.2) is 0 Å². The van der Waals surface area contributed by atoms with Gasteiger partial charge in [0.1, 0.15) is 5.76 Å². The molecule has 2 heterocycles. The molecule has 5 nitrogen and oxygen atoms in total. The Balaban J connectivity index is 1.63. The Morgan fingerprint density at radius 2 is 2.14 bits per heavy atom. The van der Waals surface area contributed by atoms with E-state index in [4.69, 9.17) is 4.52 Å². The Labute approximate surface area is 126 Å². The van der Waals surface area contributed by atoms with Gasteiger partial charge in [-0.3, -0.25) is 4.79 Å². The first-order valence-electron chi connectivity index (χ1n) is 7.99. The summed E-state index contributed by atoms with van der Waals surface area (Å²) in [4.78, 5) is 14.5. The zero-order valence-corrected chi connectivity index (χ0v) is 13.2. The second-order valence-electron chi connectivity index (χ2n) is 6.60. The van der Waals surface area contributed by atoms with E-state index in [0.717, 1.165) is 23.4 Å². The predicted octanol–water partition coefficient (Wildman–Crippen LogP) is 2.17. The molecule has 1 amide bonds. The van der Waals surface area contributed by atoms with Crippen molar-refractivity contribution < 1.29 is 9.32 Å². The number of nitrogens with zero attached hydrogens (tertiary/aromatic N) is 2. The van der Waals surface area contributed by atoms with Gasteiger partial charge in [-0.15, -0.1) is 0 Å². The number of aryl methyl sites for hydroxylation is 2. The Morgan fingerprint density at radius 1 is 1.38 bits per heavy atom. The minimum absolute atomic E-state index is 0.0106. The second kappa shape index (κ2) is 5.79. The smallest absolute Gasteiger partial charge is 0.239 e. The van der Waals surface area contributed by atoms with E-state index in [9.17, 15) is 4.79 Å². The molecule has 0 radical (unpaired) electrons. The fraction of sp³-hybridized carbons (Fsp3) is 0.750. The largest absolute Gasteiger partial charge is 0.361 e. The molecule has 1 aliphatic carbocycles. The van der Waals surface area contributed by atoms with Crippen LogP contribution in [-0.2, 0) is 11.3 Å². The summed E-state index contributed by atoms with van der Waals surface area (Å²) in [6.45, 7) is 4.40. The van der Waals surface area contributed by atoms with Crippen molar-refractivity contribution in [1.82, 2.24) is 15.4 Å². The number of fused-ring (bicyclic) bond motifs is 1. The standard InChI is InChI=1S/C16H25N3O2/c1-10-13(11(2)21-18-10)9-19(3)16(20)15-8-12-6-4-5-7-14(12)17-15/h12,14-15,17H,4-9H2,1-3H3/t12-,14-,15+/m1/s1. The maximum Gasteiger partial charge on any atom is 0.239 e. The number of carbonyl (C=O) groups excluding carboxylic acids is 1. The van der Waals surface area contributed by atoms with Gasteiger partial charge in [0.2, 0.25) is 5.91 Å². The summed E-state index contributed by atoms with van der Waals surface area (Å²) in [6, 6.07) is 0.545. The van der Waals surface area contributed by atoms with E-state index in [1.54, 1.807) is 0 Å². The van der Waals surface area contributed by atoms with E-state index in [1.807, 2.05) is 25.8 Å². The van der Waals surface area contributed by atoms with Crippen LogP contribution in [0.2, 0.25) is 0 Å². The Morgan fingerprint density at radius 3 is 2.81 bits per heavy atom. The highest BCUT2D eigenvalue weighted by Gasteiger charge is 2.39. The SMILES string of the molecule is Cc1noc(C)c1CN(C)C(=O)[C@@H]1C[C@H]2CCCC[C@H]2N1. The van der Waals surface area contributed by atoms with E-state index < -0.39 is 0 Å². The molecule has 2 aliphatic rings. The third-order valence-electron chi connectivity index (χ3n) is 5.11. The molecule has 1 saturated heterocycles. The molecule has 21 heavy (non-hydrogen) atoms. The maximum absolute atomic E-state index is 12.6. The normalized spacial score (nSPS) is 28.4. The highest BCUT2D eigenvalue weighted by atomic mass is 16.5. The van der Waals surface area contributed by atoms with E-state index in [1.165, 1.54) is 25.7 Å². The van der Waals surface area contributed by atoms with Gasteiger partial charge in [0.05, 0.1) is 18.3 Å². The Kier molecular flexibility index (Phi) is 4.02. The molecule has 1 aromatic heterocycles. The monoisotopic (exact) mass is 291 g/mol. The van der Waals surface area contributed by atoms with Crippen LogP contribution in [0.5, 0.6) is 0 Å². The van der Waals surface area contributed by atoms with Gasteiger partial charge in [-0.05, 0) is 39.0 Å². The van der Waals surface area contributed by atoms with Gasteiger partial charge in [0.25, 0.3) is 0 Å². The van der Waals surface area contributed by atoms with Gasteiger partial charge in [-0.1, -0.05) is 18.0 Å². The lowest BCUT2D eigenvalue weighted by molar-refractivity contribution is -0.132. The first-order valence-corrected chi connectivity index (χ1v) is 7.99. The van der Waals surface area contributed by atoms with Crippen LogP contribution in [0.15, 0.2) is 4.52 Å². The third-order valence-corrected chi connectivity index (χ3v) is 5.11. The van der Waals surface area contributed by atoms with Crippen LogP contribution in [0.4, 0.5) is 0 Å². The minimum atomic E-state index is -0.0106. The van der Waals surface area contributed by atoms with Crippen molar-refractivity contribution in [2.75, 3.05) is 7.05 Å². The highest BCUT2D eigenvalue weighted by molar-refractivity contribution is 5.82. The minimum Gasteiger partial charge on any atom is -0.361 e. The molecule has 5 heteroatoms. The highest BCUT2D eigenvalue weighted by Crippen LogP contribution is 2.33. The molecule has 0 bridgehead atoms. The van der Waals surface area contributed by atoms with Gasteiger partial charge in [-0.2, -0.15) is 0 Å². The first-order chi connectivity index (χ1) is 10.1. The molecule has 0 unspecified atom stereocenters. The maximum atomic E-state index is 12.6. The van der Waals surface area contributed by atoms with Crippen molar-refractivity contribution in [2.45, 2.75) is 64.6 Å². The van der Waals surface area contributed by atoms with Crippen LogP contribution < -0.4 is 5.32 Å². The first kappa shape index (κ1) is 14.6. The summed E-state index contributed by atoms with van der Waals surface area (Å²) >= 11 is 0. The molecule has 1 aliphatic heterocycles. The van der Waals surface area contributed by atoms with Crippen molar-refractivity contribution in [1.29, 1.82) is 0 Å². The van der Waals surface area contributed by atoms with Crippen LogP contribution in [0, 0.1) is 19.8 Å². The van der Waals surface area contributed by atoms with E-state index in [-0.39, 0.29) is 11.9 Å². The lowest BCUT2D eigenvalue weighted by Crippen LogP contribution is -2.43. The van der Waals surface area contributed by atoms with Crippen molar-refractivity contribution in [3.8, 4) is 0 Å². The number of nitrogens with one attached hydrogen (secondary N) is 1. The summed E-state index contributed by atoms with van der Waals surface area (Å²) in [5.74, 6) is 1.70. The number of rotatable bonds is 3. The lowest BCUT2D eigenvalue weighted by Gasteiger charge is -2.24. The second-order valence-corrected chi connectivity index (χ2v) is 6.60. The molecule has 3 rings (SSSR count). The number of aromatic nitrogens is 1. The van der Waals surface area contributed by atoms with Crippen LogP contribution in [0.25, 0.3) is 0 Å². The number of amides is 1. The zero-order valence-electron chi connectivity index (χ0n) is 13.2. The number of likely N-dealkylation sites (N-methyl/N-ethyl adjacent to an activating group) is 1. The van der Waals surface area contributed by atoms with Crippen molar-refractivity contribution in [3.05, 3.63) is 17.0 Å². The van der Waals surface area contributed by atoms with E-state index >= 15 is 0 Å². The Bertz CT molecular complexity index is 492. The van der Waals surface area contributed by atoms with Gasteiger partial charge in [-0.25, -0.2) is 0 Å². The summed E-state index contributed by atoms with van der Waals surface area (Å²) in [6.07, 6.45) is 6.11. The molecule has 1 aromatic rings. The summed E-state index contributed by atoms with van der Waals surface area (Å²) in [7, 11) is 1.87. The van der Waals surface area contributed by atoms with Crippen LogP contribution in [0.1, 0.15) is 49.1 Å². The average molecular weight is 291 g/mol. The summed E-state index contributed by atoms with van der Waals surface area (Å²) in [5, 5.41) is 7.51. The number of hydrogen-bond acceptors (Lipinski definition) is 4. The van der Waals surface area contributed by atoms with E-state index in [0.29, 0.717) is 18.5 Å². The molecule has 0 aromatic carbocycles. The number of carbonyl (C=O) groups is 1. The van der Waals surface area contributed by atoms with E-state index in [2.05, 4.69) is 10.5 Å². The third kappa shape index (κ3) is 2.84. The number of hydrogen-bond donors (Lipinski definition) is 1. The van der Waals surface area contributed by atoms with Crippen molar-refractivity contribution >= 4 is 5.91 Å². The van der Waals surface area contributed by atoms with Gasteiger partial charge < -0.3 is 14.7 Å². The molecule has 1 saturated carbocycles. The molecule has 1 N–H and O–H groups in total. The van der Waals surface area contributed by atoms with Gasteiger partial charge in [0, 0.05) is 18.7 Å². The van der Waals surface area contributed by atoms with Crippen molar-refractivity contribution in [2.24, 2.45) is 5.92 Å². The zero-order chi connectivity index (χ0) is 15.0. The van der Waals surface area contributed by atoms with Crippen LogP contribution >= 0.6 is 0 Å². The fourth-order valence-corrected chi connectivity index (χ4v) is 3.82. The lowest BCUT2D eigenvalue weighted by atomic mass is 9.85. The average Bonchev–Trinajstić information content (AvgIpc) is 3.04.